The Bertz CT molecular complexity index is 952. The molecular formula is C16H14BrN3O2S2. The Morgan fingerprint density at radius 1 is 1.42 bits per heavy atom. The van der Waals surface area contributed by atoms with Crippen LogP contribution in [0.25, 0.3) is 4.96 Å². The van der Waals surface area contributed by atoms with Crippen molar-refractivity contribution < 1.29 is 4.79 Å². The normalized spacial score (nSPS) is 10.9. The SMILES string of the molecule is Cc1cc(Br)ccc1NC(=O)CSCc1cc(=O)n2ccsc2n1. The van der Waals surface area contributed by atoms with Gasteiger partial charge in [0, 0.05) is 33.6 Å². The topological polar surface area (TPSA) is 63.5 Å². The van der Waals surface area contributed by atoms with Crippen LogP contribution in [0.15, 0.2) is 45.1 Å². The van der Waals surface area contributed by atoms with Crippen molar-refractivity contribution in [2.24, 2.45) is 0 Å². The summed E-state index contributed by atoms with van der Waals surface area (Å²) >= 11 is 6.25. The lowest BCUT2D eigenvalue weighted by atomic mass is 10.2. The van der Waals surface area contributed by atoms with Crippen LogP contribution >= 0.6 is 39.0 Å². The van der Waals surface area contributed by atoms with Gasteiger partial charge >= 0.3 is 0 Å². The molecule has 0 radical (unpaired) electrons. The lowest BCUT2D eigenvalue weighted by Gasteiger charge is -2.08. The van der Waals surface area contributed by atoms with Gasteiger partial charge in [0.15, 0.2) is 4.96 Å². The van der Waals surface area contributed by atoms with Crippen LogP contribution in [0.4, 0.5) is 5.69 Å². The molecule has 0 fully saturated rings. The Balaban J connectivity index is 1.57. The number of benzene rings is 1. The Labute approximate surface area is 155 Å². The van der Waals surface area contributed by atoms with Gasteiger partial charge in [-0.25, -0.2) is 4.98 Å². The summed E-state index contributed by atoms with van der Waals surface area (Å²) in [7, 11) is 0. The molecule has 0 unspecified atom stereocenters. The van der Waals surface area contributed by atoms with Gasteiger partial charge in [-0.3, -0.25) is 14.0 Å². The molecule has 5 nitrogen and oxygen atoms in total. The minimum atomic E-state index is -0.0909. The number of halogens is 1. The third-order valence-electron chi connectivity index (χ3n) is 3.30. The van der Waals surface area contributed by atoms with Gasteiger partial charge in [0.25, 0.3) is 5.56 Å². The third kappa shape index (κ3) is 4.06. The Kier molecular flexibility index (Phi) is 5.37. The second-order valence-electron chi connectivity index (χ2n) is 5.14. The summed E-state index contributed by atoms with van der Waals surface area (Å²) in [6.45, 7) is 1.95. The van der Waals surface area contributed by atoms with Gasteiger partial charge in [-0.15, -0.1) is 23.1 Å². The molecule has 24 heavy (non-hydrogen) atoms. The maximum absolute atomic E-state index is 12.0. The number of carbonyl (C=O) groups is 1. The van der Waals surface area contributed by atoms with Crippen LogP contribution < -0.4 is 10.9 Å². The number of aromatic nitrogens is 2. The average Bonchev–Trinajstić information content (AvgIpc) is 2.99. The van der Waals surface area contributed by atoms with Crippen molar-refractivity contribution in [3.63, 3.8) is 0 Å². The highest BCUT2D eigenvalue weighted by molar-refractivity contribution is 9.10. The first-order chi connectivity index (χ1) is 11.5. The summed E-state index contributed by atoms with van der Waals surface area (Å²) < 4.78 is 2.50. The molecule has 0 bridgehead atoms. The van der Waals surface area contributed by atoms with Crippen LogP contribution in [0.2, 0.25) is 0 Å². The van der Waals surface area contributed by atoms with E-state index in [9.17, 15) is 9.59 Å². The number of aryl methyl sites for hydroxylation is 1. The van der Waals surface area contributed by atoms with E-state index in [4.69, 9.17) is 0 Å². The fraction of sp³-hybridized carbons (Fsp3) is 0.188. The fourth-order valence-electron chi connectivity index (χ4n) is 2.16. The molecule has 0 saturated carbocycles. The minimum Gasteiger partial charge on any atom is -0.325 e. The van der Waals surface area contributed by atoms with Gasteiger partial charge in [0.05, 0.1) is 11.4 Å². The number of rotatable bonds is 5. The number of nitrogens with one attached hydrogen (secondary N) is 1. The van der Waals surface area contributed by atoms with Crippen LogP contribution in [-0.4, -0.2) is 21.0 Å². The van der Waals surface area contributed by atoms with Gasteiger partial charge < -0.3 is 5.32 Å². The zero-order valence-electron chi connectivity index (χ0n) is 12.8. The molecule has 0 spiro atoms. The molecular weight excluding hydrogens is 410 g/mol. The van der Waals surface area contributed by atoms with Gasteiger partial charge in [0.2, 0.25) is 5.91 Å². The van der Waals surface area contributed by atoms with E-state index in [2.05, 4.69) is 26.2 Å². The monoisotopic (exact) mass is 423 g/mol. The van der Waals surface area contributed by atoms with E-state index in [1.165, 1.54) is 33.6 Å². The number of hydrogen-bond acceptors (Lipinski definition) is 5. The molecule has 0 aliphatic heterocycles. The molecule has 1 amide bonds. The van der Waals surface area contributed by atoms with Gasteiger partial charge in [-0.05, 0) is 30.7 Å². The molecule has 0 saturated heterocycles. The lowest BCUT2D eigenvalue weighted by Crippen LogP contribution is -2.16. The molecule has 1 aromatic carbocycles. The summed E-state index contributed by atoms with van der Waals surface area (Å²) in [5.41, 5.74) is 2.41. The van der Waals surface area contributed by atoms with Crippen LogP contribution in [0.5, 0.6) is 0 Å². The summed E-state index contributed by atoms with van der Waals surface area (Å²) in [5, 5.41) is 4.72. The zero-order chi connectivity index (χ0) is 17.1. The molecule has 124 valence electrons. The number of fused-ring (bicyclic) bond motifs is 1. The first-order valence-corrected chi connectivity index (χ1v) is 9.95. The summed E-state index contributed by atoms with van der Waals surface area (Å²) in [5.74, 6) is 0.761. The van der Waals surface area contributed by atoms with Gasteiger partial charge in [-0.2, -0.15) is 0 Å². The largest absolute Gasteiger partial charge is 0.325 e. The van der Waals surface area contributed by atoms with Gasteiger partial charge in [0.1, 0.15) is 0 Å². The Morgan fingerprint density at radius 3 is 3.04 bits per heavy atom. The number of thioether (sulfide) groups is 1. The highest BCUT2D eigenvalue weighted by atomic mass is 79.9. The maximum Gasteiger partial charge on any atom is 0.258 e. The maximum atomic E-state index is 12.0. The predicted octanol–water partition coefficient (Wildman–Crippen LogP) is 3.70. The molecule has 3 rings (SSSR count). The van der Waals surface area contributed by atoms with Crippen molar-refractivity contribution in [3.05, 3.63) is 61.9 Å². The highest BCUT2D eigenvalue weighted by Gasteiger charge is 2.07. The molecule has 2 heterocycles. The van der Waals surface area contributed by atoms with Crippen molar-refractivity contribution in [2.45, 2.75) is 12.7 Å². The first-order valence-electron chi connectivity index (χ1n) is 7.12. The van der Waals surface area contributed by atoms with Crippen LogP contribution in [0.3, 0.4) is 0 Å². The van der Waals surface area contributed by atoms with Crippen LogP contribution in [-0.2, 0) is 10.5 Å². The van der Waals surface area contributed by atoms with Gasteiger partial charge in [-0.1, -0.05) is 15.9 Å². The minimum absolute atomic E-state index is 0.0700. The molecule has 8 heteroatoms. The van der Waals surface area contributed by atoms with E-state index in [1.54, 1.807) is 6.20 Å². The number of thiazole rings is 1. The second-order valence-corrected chi connectivity index (χ2v) is 7.92. The summed E-state index contributed by atoms with van der Waals surface area (Å²) in [6.07, 6.45) is 1.71. The van der Waals surface area contributed by atoms with Crippen molar-refractivity contribution >= 4 is 55.6 Å². The first kappa shape index (κ1) is 17.2. The average molecular weight is 424 g/mol. The summed E-state index contributed by atoms with van der Waals surface area (Å²) in [6, 6.07) is 7.23. The number of anilines is 1. The Hall–Kier alpha value is -1.64. The van der Waals surface area contributed by atoms with Crippen LogP contribution in [0, 0.1) is 6.92 Å². The van der Waals surface area contributed by atoms with Crippen molar-refractivity contribution in [3.8, 4) is 0 Å². The second kappa shape index (κ2) is 7.50. The van der Waals surface area contributed by atoms with Crippen LogP contribution in [0.1, 0.15) is 11.3 Å². The number of hydrogen-bond donors (Lipinski definition) is 1. The van der Waals surface area contributed by atoms with E-state index in [-0.39, 0.29) is 11.5 Å². The van der Waals surface area contributed by atoms with Crippen molar-refractivity contribution in [2.75, 3.05) is 11.1 Å². The molecule has 2 aromatic heterocycles. The smallest absolute Gasteiger partial charge is 0.258 e. The number of carbonyl (C=O) groups excluding carboxylic acids is 1. The van der Waals surface area contributed by atoms with E-state index < -0.39 is 0 Å². The molecule has 3 aromatic rings. The lowest BCUT2D eigenvalue weighted by molar-refractivity contribution is -0.113. The standard InChI is InChI=1S/C16H14BrN3O2S2/c1-10-6-11(17)2-3-13(10)19-14(21)9-23-8-12-7-15(22)20-4-5-24-16(20)18-12/h2-7H,8-9H2,1H3,(H,19,21). The fourth-order valence-corrected chi connectivity index (χ4v) is 4.09. The van der Waals surface area contributed by atoms with E-state index in [0.717, 1.165) is 15.7 Å². The zero-order valence-corrected chi connectivity index (χ0v) is 16.0. The molecule has 0 aliphatic carbocycles. The summed E-state index contributed by atoms with van der Waals surface area (Å²) in [4.78, 5) is 29.0. The quantitative estimate of drug-likeness (QED) is 0.679. The highest BCUT2D eigenvalue weighted by Crippen LogP contribution is 2.20. The molecule has 1 N–H and O–H groups in total. The third-order valence-corrected chi connectivity index (χ3v) is 5.52. The predicted molar refractivity (Wildman–Crippen MR) is 103 cm³/mol. The van der Waals surface area contributed by atoms with E-state index >= 15 is 0 Å². The van der Waals surface area contributed by atoms with E-state index in [0.29, 0.717) is 22.2 Å². The van der Waals surface area contributed by atoms with E-state index in [1.807, 2.05) is 30.5 Å². The number of nitrogens with zero attached hydrogens (tertiary/aromatic N) is 2. The van der Waals surface area contributed by atoms with Crippen molar-refractivity contribution in [1.29, 1.82) is 0 Å². The number of amides is 1. The molecule has 0 aliphatic rings. The Morgan fingerprint density at radius 2 is 2.25 bits per heavy atom. The molecule has 0 atom stereocenters. The van der Waals surface area contributed by atoms with Crippen molar-refractivity contribution in [1.82, 2.24) is 9.38 Å².